The van der Waals surface area contributed by atoms with Gasteiger partial charge in [0.1, 0.15) is 0 Å². The molecule has 0 aliphatic heterocycles. The van der Waals surface area contributed by atoms with Gasteiger partial charge in [0.25, 0.3) is 0 Å². The minimum Gasteiger partial charge on any atom is -0.388 e. The lowest BCUT2D eigenvalue weighted by Gasteiger charge is -2.05. The summed E-state index contributed by atoms with van der Waals surface area (Å²) in [5.41, 5.74) is 0.104. The summed E-state index contributed by atoms with van der Waals surface area (Å²) in [7, 11) is 0. The highest BCUT2D eigenvalue weighted by Gasteiger charge is 2.30. The van der Waals surface area contributed by atoms with Crippen LogP contribution in [0.15, 0.2) is 51.7 Å². The quantitative estimate of drug-likeness (QED) is 0.714. The lowest BCUT2D eigenvalue weighted by molar-refractivity contribution is -0.137. The van der Waals surface area contributed by atoms with E-state index < -0.39 is 17.5 Å². The van der Waals surface area contributed by atoms with Crippen LogP contribution in [0, 0.1) is 6.07 Å². The van der Waals surface area contributed by atoms with Gasteiger partial charge in [-0.05, 0) is 48.0 Å². The minimum absolute atomic E-state index is 0.0595. The second-order valence-electron chi connectivity index (χ2n) is 4.94. The molecule has 0 amide bonds. The largest absolute Gasteiger partial charge is 0.437 e. The van der Waals surface area contributed by atoms with Crippen LogP contribution in [-0.4, -0.2) is 9.78 Å². The van der Waals surface area contributed by atoms with Gasteiger partial charge in [-0.15, -0.1) is 5.10 Å². The van der Waals surface area contributed by atoms with Crippen molar-refractivity contribution >= 4 is 11.6 Å². The normalized spacial score (nSPS) is 11.7. The number of rotatable bonds is 3. The Hall–Kier alpha value is -2.54. The molecule has 1 aromatic heterocycles. The van der Waals surface area contributed by atoms with Crippen LogP contribution in [0.4, 0.5) is 13.2 Å². The van der Waals surface area contributed by atoms with Crippen LogP contribution < -0.4 is 5.76 Å². The van der Waals surface area contributed by atoms with E-state index >= 15 is 0 Å². The zero-order valence-corrected chi connectivity index (χ0v) is 12.7. The highest BCUT2D eigenvalue weighted by Crippen LogP contribution is 2.30. The molecule has 0 aliphatic rings. The predicted octanol–water partition coefficient (Wildman–Crippen LogP) is 4.02. The standard InChI is InChI=1S/C16H9ClF3N2O2/c17-13-3-1-2-10(8-13)9-22-15(23)24-14(21-22)11-4-6-12(7-5-11)16(18,19)20/h1,3-8H,9H2. The van der Waals surface area contributed by atoms with Gasteiger partial charge < -0.3 is 4.42 Å². The molecule has 0 fully saturated rings. The topological polar surface area (TPSA) is 48.0 Å². The Morgan fingerprint density at radius 3 is 2.54 bits per heavy atom. The smallest absolute Gasteiger partial charge is 0.388 e. The number of hydrogen-bond donors (Lipinski definition) is 0. The second-order valence-corrected chi connectivity index (χ2v) is 5.37. The molecule has 4 nitrogen and oxygen atoms in total. The molecule has 3 rings (SSSR count). The van der Waals surface area contributed by atoms with Crippen molar-refractivity contribution in [1.29, 1.82) is 0 Å². The summed E-state index contributed by atoms with van der Waals surface area (Å²) in [6, 6.07) is 12.0. The zero-order chi connectivity index (χ0) is 17.3. The Morgan fingerprint density at radius 2 is 1.92 bits per heavy atom. The van der Waals surface area contributed by atoms with Gasteiger partial charge in [-0.25, -0.2) is 4.79 Å². The number of hydrogen-bond acceptors (Lipinski definition) is 3. The van der Waals surface area contributed by atoms with Gasteiger partial charge in [-0.3, -0.25) is 0 Å². The number of benzene rings is 2. The summed E-state index contributed by atoms with van der Waals surface area (Å²) in [4.78, 5) is 11.8. The van der Waals surface area contributed by atoms with Crippen molar-refractivity contribution in [3.8, 4) is 11.5 Å². The van der Waals surface area contributed by atoms with Gasteiger partial charge in [0.2, 0.25) is 5.89 Å². The van der Waals surface area contributed by atoms with Crippen molar-refractivity contribution < 1.29 is 17.6 Å². The molecule has 0 unspecified atom stereocenters. The molecule has 2 aromatic carbocycles. The van der Waals surface area contributed by atoms with Gasteiger partial charge in [0.05, 0.1) is 12.1 Å². The fourth-order valence-electron chi connectivity index (χ4n) is 2.06. The Balaban J connectivity index is 1.87. The van der Waals surface area contributed by atoms with E-state index in [2.05, 4.69) is 11.2 Å². The molecular formula is C16H9ClF3N2O2. The first-order valence-corrected chi connectivity index (χ1v) is 7.12. The van der Waals surface area contributed by atoms with Crippen molar-refractivity contribution in [2.24, 2.45) is 0 Å². The van der Waals surface area contributed by atoms with Crippen LogP contribution in [0.5, 0.6) is 0 Å². The van der Waals surface area contributed by atoms with Crippen LogP contribution in [0.3, 0.4) is 0 Å². The van der Waals surface area contributed by atoms with E-state index in [1.54, 1.807) is 18.2 Å². The van der Waals surface area contributed by atoms with Gasteiger partial charge in [-0.2, -0.15) is 17.9 Å². The van der Waals surface area contributed by atoms with E-state index in [-0.39, 0.29) is 18.0 Å². The molecule has 0 saturated carbocycles. The van der Waals surface area contributed by atoms with Crippen molar-refractivity contribution in [2.45, 2.75) is 12.7 Å². The predicted molar refractivity (Wildman–Crippen MR) is 80.6 cm³/mol. The monoisotopic (exact) mass is 353 g/mol. The van der Waals surface area contributed by atoms with E-state index in [1.165, 1.54) is 12.1 Å². The van der Waals surface area contributed by atoms with Crippen molar-refractivity contribution in [3.63, 3.8) is 0 Å². The Kier molecular flexibility index (Phi) is 4.19. The lowest BCUT2D eigenvalue weighted by atomic mass is 10.1. The van der Waals surface area contributed by atoms with Crippen molar-refractivity contribution in [2.75, 3.05) is 0 Å². The highest BCUT2D eigenvalue weighted by molar-refractivity contribution is 6.30. The van der Waals surface area contributed by atoms with Gasteiger partial charge in [0, 0.05) is 10.6 Å². The fourth-order valence-corrected chi connectivity index (χ4v) is 2.26. The Labute approximate surface area is 139 Å². The Morgan fingerprint density at radius 1 is 1.21 bits per heavy atom. The Bertz CT molecular complexity index is 914. The molecule has 0 N–H and O–H groups in total. The van der Waals surface area contributed by atoms with Gasteiger partial charge >= 0.3 is 11.9 Å². The molecule has 1 radical (unpaired) electrons. The molecule has 1 heterocycles. The maximum atomic E-state index is 12.6. The first-order chi connectivity index (χ1) is 11.3. The third kappa shape index (κ3) is 3.51. The molecule has 8 heteroatoms. The molecule has 0 bridgehead atoms. The summed E-state index contributed by atoms with van der Waals surface area (Å²) < 4.78 is 43.7. The maximum Gasteiger partial charge on any atom is 0.437 e. The summed E-state index contributed by atoms with van der Waals surface area (Å²) in [5.74, 6) is -0.783. The first-order valence-electron chi connectivity index (χ1n) is 6.74. The molecule has 0 spiro atoms. The molecule has 24 heavy (non-hydrogen) atoms. The number of alkyl halides is 3. The van der Waals surface area contributed by atoms with Gasteiger partial charge in [0.15, 0.2) is 0 Å². The fraction of sp³-hybridized carbons (Fsp3) is 0.125. The average Bonchev–Trinajstić information content (AvgIpc) is 2.88. The van der Waals surface area contributed by atoms with E-state index in [0.717, 1.165) is 16.8 Å². The zero-order valence-electron chi connectivity index (χ0n) is 12.0. The summed E-state index contributed by atoms with van der Waals surface area (Å²) >= 11 is 5.86. The number of aromatic nitrogens is 2. The van der Waals surface area contributed by atoms with E-state index in [1.807, 2.05) is 0 Å². The molecule has 0 atom stereocenters. The first kappa shape index (κ1) is 16.3. The molecule has 0 saturated heterocycles. The van der Waals surface area contributed by atoms with Crippen LogP contribution >= 0.6 is 11.6 Å². The van der Waals surface area contributed by atoms with Crippen molar-refractivity contribution in [3.05, 3.63) is 75.2 Å². The number of nitrogens with zero attached hydrogens (tertiary/aromatic N) is 2. The van der Waals surface area contributed by atoms with Crippen LogP contribution in [0.1, 0.15) is 11.1 Å². The summed E-state index contributed by atoms with van der Waals surface area (Å²) in [6.45, 7) is 0.0868. The summed E-state index contributed by atoms with van der Waals surface area (Å²) in [5, 5.41) is 4.48. The third-order valence-electron chi connectivity index (χ3n) is 3.21. The second kappa shape index (κ2) is 6.16. The molecular weight excluding hydrogens is 345 g/mol. The lowest BCUT2D eigenvalue weighted by Crippen LogP contribution is -2.16. The maximum absolute atomic E-state index is 12.6. The van der Waals surface area contributed by atoms with E-state index in [9.17, 15) is 18.0 Å². The summed E-state index contributed by atoms with van der Waals surface area (Å²) in [6.07, 6.45) is -4.43. The highest BCUT2D eigenvalue weighted by atomic mass is 35.5. The minimum atomic E-state index is -4.43. The van der Waals surface area contributed by atoms with Gasteiger partial charge in [-0.1, -0.05) is 17.7 Å². The van der Waals surface area contributed by atoms with Crippen molar-refractivity contribution in [1.82, 2.24) is 9.78 Å². The van der Waals surface area contributed by atoms with Crippen LogP contribution in [0.25, 0.3) is 11.5 Å². The van der Waals surface area contributed by atoms with Crippen LogP contribution in [0.2, 0.25) is 5.02 Å². The third-order valence-corrected chi connectivity index (χ3v) is 3.44. The molecule has 123 valence electrons. The SMILES string of the molecule is O=c1oc(-c2ccc(C(F)(F)F)cc2)nn1Cc1[c]ccc(Cl)c1. The average molecular weight is 354 g/mol. The molecule has 0 aliphatic carbocycles. The molecule has 3 aromatic rings. The van der Waals surface area contributed by atoms with Crippen LogP contribution in [-0.2, 0) is 12.7 Å². The van der Waals surface area contributed by atoms with E-state index in [0.29, 0.717) is 10.6 Å². The number of halogens is 4. The van der Waals surface area contributed by atoms with E-state index in [4.69, 9.17) is 16.0 Å².